The molecule has 1 unspecified atom stereocenters. The van der Waals surface area contributed by atoms with Crippen molar-refractivity contribution in [1.29, 1.82) is 0 Å². The summed E-state index contributed by atoms with van der Waals surface area (Å²) >= 11 is 0. The van der Waals surface area contributed by atoms with Crippen molar-refractivity contribution >= 4 is 17.5 Å². The summed E-state index contributed by atoms with van der Waals surface area (Å²) < 4.78 is 24.5. The van der Waals surface area contributed by atoms with Gasteiger partial charge in [0.15, 0.2) is 6.04 Å². The number of halogens is 1. The molecule has 2 aromatic carbocycles. The van der Waals surface area contributed by atoms with E-state index < -0.39 is 17.8 Å². The Bertz CT molecular complexity index is 1370. The number of rotatable bonds is 9. The van der Waals surface area contributed by atoms with Gasteiger partial charge < -0.3 is 14.5 Å². The van der Waals surface area contributed by atoms with E-state index >= 15 is 0 Å². The molecule has 2 heterocycles. The molecule has 1 fully saturated rings. The van der Waals surface area contributed by atoms with Crippen LogP contribution in [0, 0.1) is 5.82 Å². The van der Waals surface area contributed by atoms with E-state index in [0.717, 1.165) is 30.5 Å². The van der Waals surface area contributed by atoms with Gasteiger partial charge in [-0.25, -0.2) is 4.39 Å². The van der Waals surface area contributed by atoms with Crippen LogP contribution in [0.3, 0.4) is 0 Å². The summed E-state index contributed by atoms with van der Waals surface area (Å²) in [6.45, 7) is -0.311. The van der Waals surface area contributed by atoms with E-state index in [0.29, 0.717) is 22.8 Å². The van der Waals surface area contributed by atoms with Crippen LogP contribution in [0.4, 0.5) is 10.1 Å². The summed E-state index contributed by atoms with van der Waals surface area (Å²) in [5.74, 6) is -0.0495. The number of ether oxygens (including phenoxy) is 1. The van der Waals surface area contributed by atoms with Crippen LogP contribution < -0.4 is 15.0 Å². The highest BCUT2D eigenvalue weighted by atomic mass is 19.1. The quantitative estimate of drug-likeness (QED) is 0.357. The van der Waals surface area contributed by atoms with Gasteiger partial charge in [0.05, 0.1) is 13.4 Å². The van der Waals surface area contributed by atoms with Crippen LogP contribution in [0.2, 0.25) is 0 Å². The maximum atomic E-state index is 13.8. The molecule has 0 radical (unpaired) electrons. The average molecular weight is 519 g/mol. The lowest BCUT2D eigenvalue weighted by Crippen LogP contribution is -2.47. The molecule has 38 heavy (non-hydrogen) atoms. The molecule has 1 aliphatic carbocycles. The van der Waals surface area contributed by atoms with E-state index in [1.165, 1.54) is 35.4 Å². The minimum absolute atomic E-state index is 0.0224. The standard InChI is InChI=1S/C27H27FN6O4/c1-37-22-14-8-18(9-15-22)26-30-32-33(31-26)17-24(35)34(21-12-10-19(28)11-13-21)25(23-7-4-16-38-23)27(36)29-20-5-2-3-6-20/h4,7-16,20,25H,2-3,5-6,17H2,1H3,(H,29,36). The molecular formula is C27H27FN6O4. The molecule has 1 saturated carbocycles. The zero-order valence-electron chi connectivity index (χ0n) is 20.8. The second-order valence-corrected chi connectivity index (χ2v) is 9.02. The summed E-state index contributed by atoms with van der Waals surface area (Å²) in [5.41, 5.74) is 1.03. The fourth-order valence-corrected chi connectivity index (χ4v) is 4.57. The zero-order chi connectivity index (χ0) is 26.5. The molecule has 1 atom stereocenters. The van der Waals surface area contributed by atoms with Crippen molar-refractivity contribution in [2.45, 2.75) is 44.3 Å². The Balaban J connectivity index is 1.45. The number of nitrogens with zero attached hydrogens (tertiary/aromatic N) is 5. The normalized spacial score (nSPS) is 14.3. The van der Waals surface area contributed by atoms with Crippen molar-refractivity contribution in [3.63, 3.8) is 0 Å². The number of tetrazole rings is 1. The number of hydrogen-bond acceptors (Lipinski definition) is 7. The lowest BCUT2D eigenvalue weighted by atomic mass is 10.1. The second-order valence-electron chi connectivity index (χ2n) is 9.02. The molecular weight excluding hydrogens is 491 g/mol. The van der Waals surface area contributed by atoms with E-state index in [4.69, 9.17) is 9.15 Å². The molecule has 0 aliphatic heterocycles. The third-order valence-electron chi connectivity index (χ3n) is 6.47. The second kappa shape index (κ2) is 11.2. The SMILES string of the molecule is COc1ccc(-c2nnn(CC(=O)N(c3ccc(F)cc3)C(C(=O)NC3CCCC3)c3ccco3)n2)cc1. The van der Waals surface area contributed by atoms with Gasteiger partial charge in [-0.05, 0) is 78.7 Å². The monoisotopic (exact) mass is 518 g/mol. The minimum Gasteiger partial charge on any atom is -0.497 e. The van der Waals surface area contributed by atoms with Gasteiger partial charge in [0.1, 0.15) is 23.9 Å². The van der Waals surface area contributed by atoms with Crippen molar-refractivity contribution in [3.8, 4) is 17.1 Å². The maximum Gasteiger partial charge on any atom is 0.251 e. The molecule has 196 valence electrons. The highest BCUT2D eigenvalue weighted by Crippen LogP contribution is 2.30. The predicted molar refractivity (Wildman–Crippen MR) is 136 cm³/mol. The van der Waals surface area contributed by atoms with Gasteiger partial charge in [-0.1, -0.05) is 12.8 Å². The molecule has 10 nitrogen and oxygen atoms in total. The largest absolute Gasteiger partial charge is 0.497 e. The lowest BCUT2D eigenvalue weighted by molar-refractivity contribution is -0.128. The number of nitrogens with one attached hydrogen (secondary N) is 1. The number of aromatic nitrogens is 4. The average Bonchev–Trinajstić information content (AvgIpc) is 3.72. The lowest BCUT2D eigenvalue weighted by Gasteiger charge is -2.30. The smallest absolute Gasteiger partial charge is 0.251 e. The third kappa shape index (κ3) is 5.56. The number of anilines is 1. The first-order valence-corrected chi connectivity index (χ1v) is 12.4. The number of furan rings is 1. The molecule has 4 aromatic rings. The zero-order valence-corrected chi connectivity index (χ0v) is 20.8. The number of carbonyl (C=O) groups excluding carboxylic acids is 2. The maximum absolute atomic E-state index is 13.8. The Hall–Kier alpha value is -4.54. The van der Waals surface area contributed by atoms with Crippen LogP contribution in [-0.4, -0.2) is 45.2 Å². The number of methoxy groups -OCH3 is 1. The van der Waals surface area contributed by atoms with Crippen molar-refractivity contribution in [1.82, 2.24) is 25.5 Å². The Kier molecular flexibility index (Phi) is 7.43. The number of carbonyl (C=O) groups is 2. The van der Waals surface area contributed by atoms with Gasteiger partial charge in [0.2, 0.25) is 5.82 Å². The number of amides is 2. The van der Waals surface area contributed by atoms with E-state index in [1.54, 1.807) is 43.5 Å². The predicted octanol–water partition coefficient (Wildman–Crippen LogP) is 3.91. The fourth-order valence-electron chi connectivity index (χ4n) is 4.57. The van der Waals surface area contributed by atoms with Gasteiger partial charge in [-0.15, -0.1) is 10.2 Å². The van der Waals surface area contributed by atoms with E-state index in [9.17, 15) is 14.0 Å². The number of hydrogen-bond donors (Lipinski definition) is 1. The molecule has 2 amide bonds. The van der Waals surface area contributed by atoms with Gasteiger partial charge >= 0.3 is 0 Å². The minimum atomic E-state index is -1.12. The molecule has 5 rings (SSSR count). The van der Waals surface area contributed by atoms with Crippen molar-refractivity contribution in [2.75, 3.05) is 12.0 Å². The molecule has 1 N–H and O–H groups in total. The van der Waals surface area contributed by atoms with Crippen LogP contribution in [-0.2, 0) is 16.1 Å². The van der Waals surface area contributed by atoms with E-state index in [2.05, 4.69) is 20.7 Å². The van der Waals surface area contributed by atoms with E-state index in [1.807, 2.05) is 0 Å². The van der Waals surface area contributed by atoms with Gasteiger partial charge in [0.25, 0.3) is 11.8 Å². The molecule has 11 heteroatoms. The summed E-state index contributed by atoms with van der Waals surface area (Å²) in [7, 11) is 1.58. The number of benzene rings is 2. The van der Waals surface area contributed by atoms with Gasteiger partial charge in [-0.2, -0.15) is 4.80 Å². The first kappa shape index (κ1) is 25.1. The molecule has 0 spiro atoms. The van der Waals surface area contributed by atoms with Crippen molar-refractivity contribution in [3.05, 3.63) is 78.5 Å². The Morgan fingerprint density at radius 3 is 2.53 bits per heavy atom. The molecule has 0 bridgehead atoms. The van der Waals surface area contributed by atoms with Crippen molar-refractivity contribution in [2.24, 2.45) is 0 Å². The van der Waals surface area contributed by atoms with Gasteiger partial charge in [-0.3, -0.25) is 14.5 Å². The van der Waals surface area contributed by atoms with Crippen LogP contribution in [0.5, 0.6) is 5.75 Å². The third-order valence-corrected chi connectivity index (χ3v) is 6.47. The van der Waals surface area contributed by atoms with E-state index in [-0.39, 0.29) is 24.3 Å². The highest BCUT2D eigenvalue weighted by Gasteiger charge is 2.36. The molecule has 1 aliphatic rings. The molecule has 0 saturated heterocycles. The summed E-state index contributed by atoms with van der Waals surface area (Å²) in [6.07, 6.45) is 5.26. The molecule has 2 aromatic heterocycles. The first-order chi connectivity index (χ1) is 18.5. The Morgan fingerprint density at radius 2 is 1.87 bits per heavy atom. The fraction of sp³-hybridized carbons (Fsp3) is 0.296. The van der Waals surface area contributed by atoms with Crippen molar-refractivity contribution < 1.29 is 23.1 Å². The summed E-state index contributed by atoms with van der Waals surface area (Å²) in [4.78, 5) is 29.8. The van der Waals surface area contributed by atoms with Gasteiger partial charge in [0, 0.05) is 17.3 Å². The van der Waals surface area contributed by atoms with Crippen LogP contribution >= 0.6 is 0 Å². The summed E-state index contributed by atoms with van der Waals surface area (Å²) in [5, 5.41) is 15.5. The topological polar surface area (TPSA) is 115 Å². The Morgan fingerprint density at radius 1 is 1.13 bits per heavy atom. The highest BCUT2D eigenvalue weighted by molar-refractivity contribution is 6.01. The Labute approximate surface area is 218 Å². The van der Waals surface area contributed by atoms with Crippen LogP contribution in [0.1, 0.15) is 37.5 Å². The van der Waals surface area contributed by atoms with Crippen LogP contribution in [0.15, 0.2) is 71.3 Å². The van der Waals surface area contributed by atoms with Crippen LogP contribution in [0.25, 0.3) is 11.4 Å². The summed E-state index contributed by atoms with van der Waals surface area (Å²) in [6, 6.07) is 14.7. The first-order valence-electron chi connectivity index (χ1n) is 12.4.